The summed E-state index contributed by atoms with van der Waals surface area (Å²) in [7, 11) is 0. The Morgan fingerprint density at radius 1 is 1.32 bits per heavy atom. The number of hydrogen-bond donors (Lipinski definition) is 0. The molecule has 0 unspecified atom stereocenters. The number of aromatic nitrogens is 4. The van der Waals surface area contributed by atoms with Crippen molar-refractivity contribution in [2.75, 3.05) is 0 Å². The van der Waals surface area contributed by atoms with Crippen LogP contribution in [0.5, 0.6) is 0 Å². The summed E-state index contributed by atoms with van der Waals surface area (Å²) in [5.74, 6) is 0. The minimum Gasteiger partial charge on any atom is -0.293 e. The van der Waals surface area contributed by atoms with E-state index in [0.29, 0.717) is 16.8 Å². The number of aryl methyl sites for hydroxylation is 2. The van der Waals surface area contributed by atoms with Gasteiger partial charge in [-0.15, -0.1) is 0 Å². The predicted octanol–water partition coefficient (Wildman–Crippen LogP) is 1.91. The number of pyridine rings is 1. The molecule has 0 saturated heterocycles. The molecule has 19 heavy (non-hydrogen) atoms. The summed E-state index contributed by atoms with van der Waals surface area (Å²) in [5, 5.41) is 0.612. The van der Waals surface area contributed by atoms with Gasteiger partial charge in [-0.25, -0.2) is 4.98 Å². The second kappa shape index (κ2) is 4.55. The zero-order valence-corrected chi connectivity index (χ0v) is 11.4. The first-order valence-electron chi connectivity index (χ1n) is 5.88. The molecule has 0 aromatic carbocycles. The van der Waals surface area contributed by atoms with Gasteiger partial charge < -0.3 is 0 Å². The van der Waals surface area contributed by atoms with Crippen LogP contribution in [-0.4, -0.2) is 18.9 Å². The van der Waals surface area contributed by atoms with Crippen LogP contribution in [0, 0.1) is 13.8 Å². The molecule has 0 spiro atoms. The summed E-state index contributed by atoms with van der Waals surface area (Å²) >= 11 is 1.26. The average molecular weight is 272 g/mol. The highest BCUT2D eigenvalue weighted by Crippen LogP contribution is 2.15. The van der Waals surface area contributed by atoms with Gasteiger partial charge in [0.2, 0.25) is 0 Å². The van der Waals surface area contributed by atoms with Crippen LogP contribution in [0.4, 0.5) is 0 Å². The third-order valence-corrected chi connectivity index (χ3v) is 3.92. The molecule has 3 aromatic heterocycles. The normalized spacial score (nSPS) is 11.1. The van der Waals surface area contributed by atoms with Crippen molar-refractivity contribution in [2.24, 2.45) is 0 Å². The predicted molar refractivity (Wildman–Crippen MR) is 74.5 cm³/mol. The fourth-order valence-electron chi connectivity index (χ4n) is 1.97. The monoisotopic (exact) mass is 272 g/mol. The third-order valence-electron chi connectivity index (χ3n) is 3.07. The second-order valence-corrected chi connectivity index (χ2v) is 5.14. The van der Waals surface area contributed by atoms with Gasteiger partial charge in [-0.1, -0.05) is 6.07 Å². The number of fused-ring (bicyclic) bond motifs is 1. The zero-order chi connectivity index (χ0) is 13.4. The molecule has 3 rings (SSSR count). The Labute approximate surface area is 113 Å². The van der Waals surface area contributed by atoms with E-state index < -0.39 is 0 Å². The highest BCUT2D eigenvalue weighted by atomic mass is 32.1. The van der Waals surface area contributed by atoms with Crippen LogP contribution in [0.2, 0.25) is 0 Å². The van der Waals surface area contributed by atoms with Crippen molar-refractivity contribution in [1.82, 2.24) is 18.9 Å². The SMILES string of the molecule is Cc1cccnc1Cn1cnc2snc(C)c2c1=O. The fraction of sp³-hybridized carbons (Fsp3) is 0.231. The lowest BCUT2D eigenvalue weighted by Crippen LogP contribution is -2.22. The van der Waals surface area contributed by atoms with Crippen LogP contribution in [0.1, 0.15) is 17.0 Å². The van der Waals surface area contributed by atoms with E-state index in [-0.39, 0.29) is 5.56 Å². The minimum atomic E-state index is -0.0543. The van der Waals surface area contributed by atoms with Gasteiger partial charge in [0.25, 0.3) is 5.56 Å². The topological polar surface area (TPSA) is 60.7 Å². The highest BCUT2D eigenvalue weighted by Gasteiger charge is 2.11. The Morgan fingerprint density at radius 2 is 2.16 bits per heavy atom. The minimum absolute atomic E-state index is 0.0543. The smallest absolute Gasteiger partial charge is 0.264 e. The Bertz CT molecular complexity index is 806. The van der Waals surface area contributed by atoms with Gasteiger partial charge in [-0.05, 0) is 37.0 Å². The largest absolute Gasteiger partial charge is 0.293 e. The molecule has 0 saturated carbocycles. The molecule has 0 bridgehead atoms. The van der Waals surface area contributed by atoms with E-state index >= 15 is 0 Å². The molecule has 3 aromatic rings. The van der Waals surface area contributed by atoms with Crippen LogP contribution in [0.25, 0.3) is 10.2 Å². The van der Waals surface area contributed by atoms with E-state index in [1.165, 1.54) is 11.5 Å². The molecule has 0 radical (unpaired) electrons. The van der Waals surface area contributed by atoms with Gasteiger partial charge in [-0.2, -0.15) is 4.37 Å². The van der Waals surface area contributed by atoms with E-state index in [0.717, 1.165) is 17.0 Å². The average Bonchev–Trinajstić information content (AvgIpc) is 2.78. The maximum absolute atomic E-state index is 12.4. The molecular formula is C13H12N4OS. The molecule has 6 heteroatoms. The summed E-state index contributed by atoms with van der Waals surface area (Å²) in [6, 6.07) is 3.87. The molecule has 0 aliphatic carbocycles. The van der Waals surface area contributed by atoms with Gasteiger partial charge >= 0.3 is 0 Å². The van der Waals surface area contributed by atoms with Gasteiger partial charge in [0.05, 0.1) is 29.6 Å². The lowest BCUT2D eigenvalue weighted by Gasteiger charge is -2.06. The summed E-state index contributed by atoms with van der Waals surface area (Å²) < 4.78 is 5.75. The number of nitrogens with zero attached hydrogens (tertiary/aromatic N) is 4. The van der Waals surface area contributed by atoms with Crippen molar-refractivity contribution in [3.63, 3.8) is 0 Å². The van der Waals surface area contributed by atoms with Crippen molar-refractivity contribution >= 4 is 21.7 Å². The molecular weight excluding hydrogens is 260 g/mol. The van der Waals surface area contributed by atoms with Gasteiger partial charge in [0.15, 0.2) is 4.83 Å². The van der Waals surface area contributed by atoms with Crippen LogP contribution < -0.4 is 5.56 Å². The van der Waals surface area contributed by atoms with Crippen molar-refractivity contribution in [3.8, 4) is 0 Å². The zero-order valence-electron chi connectivity index (χ0n) is 10.6. The Hall–Kier alpha value is -2.08. The molecule has 0 atom stereocenters. The second-order valence-electron chi connectivity index (χ2n) is 4.39. The first kappa shape index (κ1) is 12.0. The number of rotatable bonds is 2. The summed E-state index contributed by atoms with van der Waals surface area (Å²) in [4.78, 5) is 21.7. The Morgan fingerprint density at radius 3 is 2.95 bits per heavy atom. The molecule has 3 heterocycles. The van der Waals surface area contributed by atoms with Crippen LogP contribution in [-0.2, 0) is 6.54 Å². The molecule has 0 aliphatic rings. The highest BCUT2D eigenvalue weighted by molar-refractivity contribution is 7.12. The van der Waals surface area contributed by atoms with E-state index in [9.17, 15) is 4.79 Å². The van der Waals surface area contributed by atoms with Crippen LogP contribution in [0.3, 0.4) is 0 Å². The van der Waals surface area contributed by atoms with E-state index in [2.05, 4.69) is 14.3 Å². The molecule has 5 nitrogen and oxygen atoms in total. The quantitative estimate of drug-likeness (QED) is 0.715. The molecule has 0 N–H and O–H groups in total. The lowest BCUT2D eigenvalue weighted by molar-refractivity contribution is 0.725. The van der Waals surface area contributed by atoms with Gasteiger partial charge in [0.1, 0.15) is 0 Å². The molecule has 96 valence electrons. The standard InChI is InChI=1S/C13H12N4OS/c1-8-4-3-5-14-10(8)6-17-7-15-12-11(13(17)18)9(2)16-19-12/h3-5,7H,6H2,1-2H3. The van der Waals surface area contributed by atoms with E-state index in [1.807, 2.05) is 26.0 Å². The first-order chi connectivity index (χ1) is 9.16. The molecule has 0 fully saturated rings. The molecule has 0 aliphatic heterocycles. The lowest BCUT2D eigenvalue weighted by atomic mass is 10.2. The van der Waals surface area contributed by atoms with E-state index in [1.54, 1.807) is 17.1 Å². The summed E-state index contributed by atoms with van der Waals surface area (Å²) in [6.07, 6.45) is 3.30. The summed E-state index contributed by atoms with van der Waals surface area (Å²) in [6.45, 7) is 4.25. The third kappa shape index (κ3) is 2.04. The maximum atomic E-state index is 12.4. The van der Waals surface area contributed by atoms with Gasteiger partial charge in [0, 0.05) is 6.20 Å². The van der Waals surface area contributed by atoms with Crippen molar-refractivity contribution in [3.05, 3.63) is 52.0 Å². The van der Waals surface area contributed by atoms with E-state index in [4.69, 9.17) is 0 Å². The fourth-order valence-corrected chi connectivity index (χ4v) is 2.70. The summed E-state index contributed by atoms with van der Waals surface area (Å²) in [5.41, 5.74) is 2.63. The van der Waals surface area contributed by atoms with Crippen molar-refractivity contribution in [2.45, 2.75) is 20.4 Å². The Balaban J connectivity index is 2.12. The number of hydrogen-bond acceptors (Lipinski definition) is 5. The van der Waals surface area contributed by atoms with Crippen LogP contribution >= 0.6 is 11.5 Å². The van der Waals surface area contributed by atoms with Gasteiger partial charge in [-0.3, -0.25) is 14.3 Å². The Kier molecular flexibility index (Phi) is 2.87. The van der Waals surface area contributed by atoms with Crippen LogP contribution in [0.15, 0.2) is 29.5 Å². The van der Waals surface area contributed by atoms with Crippen molar-refractivity contribution in [1.29, 1.82) is 0 Å². The first-order valence-corrected chi connectivity index (χ1v) is 6.66. The molecule has 0 amide bonds. The van der Waals surface area contributed by atoms with Crippen molar-refractivity contribution < 1.29 is 0 Å². The maximum Gasteiger partial charge on any atom is 0.264 e.